The van der Waals surface area contributed by atoms with E-state index in [1.54, 1.807) is 0 Å². The molecule has 1 saturated heterocycles. The van der Waals surface area contributed by atoms with Gasteiger partial charge in [0, 0.05) is 12.5 Å². The van der Waals surface area contributed by atoms with Crippen LogP contribution in [0.3, 0.4) is 0 Å². The molecule has 3 nitrogen and oxygen atoms in total. The number of carbonyl (C=O) groups is 1. The standard InChI is InChI=1S/C13H15NO2/c15-13(10-6-11-12(7-10)16-11)14-8-9-4-2-1-3-5-9/h1-5,10-12H,6-8H2,(H,14,15). The van der Waals surface area contributed by atoms with Crippen LogP contribution >= 0.6 is 0 Å². The van der Waals surface area contributed by atoms with Crippen molar-refractivity contribution < 1.29 is 9.53 Å². The van der Waals surface area contributed by atoms with Crippen LogP contribution in [0.5, 0.6) is 0 Å². The maximum atomic E-state index is 11.8. The number of amides is 1. The highest BCUT2D eigenvalue weighted by atomic mass is 16.6. The van der Waals surface area contributed by atoms with E-state index in [-0.39, 0.29) is 11.8 Å². The zero-order chi connectivity index (χ0) is 11.0. The van der Waals surface area contributed by atoms with Crippen LogP contribution in [0.25, 0.3) is 0 Å². The first-order chi connectivity index (χ1) is 7.83. The Morgan fingerprint density at radius 1 is 1.25 bits per heavy atom. The molecular weight excluding hydrogens is 202 g/mol. The second-order valence-corrected chi connectivity index (χ2v) is 4.58. The van der Waals surface area contributed by atoms with Crippen LogP contribution in [0.4, 0.5) is 0 Å². The normalized spacial score (nSPS) is 30.9. The average Bonchev–Trinajstić information content (AvgIpc) is 2.94. The van der Waals surface area contributed by atoms with Crippen LogP contribution in [0.1, 0.15) is 18.4 Å². The van der Waals surface area contributed by atoms with Gasteiger partial charge in [0.1, 0.15) is 0 Å². The van der Waals surface area contributed by atoms with Gasteiger partial charge in [0.15, 0.2) is 0 Å². The molecule has 1 aromatic carbocycles. The van der Waals surface area contributed by atoms with Crippen molar-refractivity contribution in [1.29, 1.82) is 0 Å². The summed E-state index contributed by atoms with van der Waals surface area (Å²) in [5, 5.41) is 2.99. The van der Waals surface area contributed by atoms with Gasteiger partial charge in [-0.2, -0.15) is 0 Å². The molecule has 16 heavy (non-hydrogen) atoms. The maximum absolute atomic E-state index is 11.8. The number of hydrogen-bond donors (Lipinski definition) is 1. The van der Waals surface area contributed by atoms with Crippen LogP contribution in [-0.2, 0) is 16.1 Å². The zero-order valence-electron chi connectivity index (χ0n) is 9.06. The average molecular weight is 217 g/mol. The van der Waals surface area contributed by atoms with E-state index in [2.05, 4.69) is 5.32 Å². The highest BCUT2D eigenvalue weighted by molar-refractivity contribution is 5.79. The number of ether oxygens (including phenoxy) is 1. The predicted molar refractivity (Wildman–Crippen MR) is 59.7 cm³/mol. The van der Waals surface area contributed by atoms with E-state index < -0.39 is 0 Å². The Bertz CT molecular complexity index is 380. The van der Waals surface area contributed by atoms with Gasteiger partial charge in [-0.25, -0.2) is 0 Å². The summed E-state index contributed by atoms with van der Waals surface area (Å²) < 4.78 is 5.32. The van der Waals surface area contributed by atoms with E-state index in [1.807, 2.05) is 30.3 Å². The number of carbonyl (C=O) groups excluding carboxylic acids is 1. The summed E-state index contributed by atoms with van der Waals surface area (Å²) >= 11 is 0. The third-order valence-corrected chi connectivity index (χ3v) is 3.40. The molecule has 2 aliphatic rings. The summed E-state index contributed by atoms with van der Waals surface area (Å²) in [5.74, 6) is 0.354. The molecule has 1 amide bonds. The van der Waals surface area contributed by atoms with E-state index in [0.717, 1.165) is 18.4 Å². The fourth-order valence-electron chi connectivity index (χ4n) is 2.39. The molecule has 0 bridgehead atoms. The Kier molecular flexibility index (Phi) is 2.40. The van der Waals surface area contributed by atoms with Crippen molar-refractivity contribution in [3.8, 4) is 0 Å². The monoisotopic (exact) mass is 217 g/mol. The lowest BCUT2D eigenvalue weighted by Crippen LogP contribution is -2.29. The molecule has 3 heteroatoms. The zero-order valence-corrected chi connectivity index (χ0v) is 9.06. The molecule has 84 valence electrons. The van der Waals surface area contributed by atoms with Crippen LogP contribution in [0, 0.1) is 5.92 Å². The molecule has 0 spiro atoms. The van der Waals surface area contributed by atoms with Crippen molar-refractivity contribution in [2.45, 2.75) is 31.6 Å². The first-order valence-corrected chi connectivity index (χ1v) is 5.80. The van der Waals surface area contributed by atoms with E-state index in [4.69, 9.17) is 4.74 Å². The summed E-state index contributed by atoms with van der Waals surface area (Å²) in [7, 11) is 0. The Morgan fingerprint density at radius 3 is 2.62 bits per heavy atom. The van der Waals surface area contributed by atoms with Crippen LogP contribution in [-0.4, -0.2) is 18.1 Å². The van der Waals surface area contributed by atoms with Crippen molar-refractivity contribution in [3.05, 3.63) is 35.9 Å². The second-order valence-electron chi connectivity index (χ2n) is 4.58. The SMILES string of the molecule is O=C(NCc1ccccc1)C1CC2OC2C1. The molecule has 1 heterocycles. The summed E-state index contributed by atoms with van der Waals surface area (Å²) in [6, 6.07) is 10.00. The fourth-order valence-corrected chi connectivity index (χ4v) is 2.39. The van der Waals surface area contributed by atoms with E-state index in [9.17, 15) is 4.79 Å². The molecule has 2 unspecified atom stereocenters. The largest absolute Gasteiger partial charge is 0.370 e. The third kappa shape index (κ3) is 1.95. The quantitative estimate of drug-likeness (QED) is 0.779. The van der Waals surface area contributed by atoms with Gasteiger partial charge in [-0.1, -0.05) is 30.3 Å². The molecule has 2 fully saturated rings. The number of rotatable bonds is 3. The van der Waals surface area contributed by atoms with Crippen molar-refractivity contribution in [2.75, 3.05) is 0 Å². The van der Waals surface area contributed by atoms with Gasteiger partial charge >= 0.3 is 0 Å². The molecule has 1 aromatic rings. The summed E-state index contributed by atoms with van der Waals surface area (Å²) in [5.41, 5.74) is 1.15. The van der Waals surface area contributed by atoms with Crippen LogP contribution in [0.2, 0.25) is 0 Å². The van der Waals surface area contributed by atoms with Crippen molar-refractivity contribution >= 4 is 5.91 Å². The van der Waals surface area contributed by atoms with E-state index >= 15 is 0 Å². The third-order valence-electron chi connectivity index (χ3n) is 3.40. The number of benzene rings is 1. The number of nitrogens with one attached hydrogen (secondary N) is 1. The molecular formula is C13H15NO2. The van der Waals surface area contributed by atoms with Gasteiger partial charge in [-0.3, -0.25) is 4.79 Å². The minimum Gasteiger partial charge on any atom is -0.370 e. The molecule has 1 aliphatic carbocycles. The van der Waals surface area contributed by atoms with Gasteiger partial charge in [0.2, 0.25) is 5.91 Å². The Hall–Kier alpha value is -1.35. The van der Waals surface area contributed by atoms with Gasteiger partial charge in [-0.05, 0) is 18.4 Å². The van der Waals surface area contributed by atoms with Gasteiger partial charge in [-0.15, -0.1) is 0 Å². The lowest BCUT2D eigenvalue weighted by molar-refractivity contribution is -0.125. The highest BCUT2D eigenvalue weighted by Gasteiger charge is 2.49. The van der Waals surface area contributed by atoms with Gasteiger partial charge in [0.25, 0.3) is 0 Å². The van der Waals surface area contributed by atoms with E-state index in [1.165, 1.54) is 0 Å². The highest BCUT2D eigenvalue weighted by Crippen LogP contribution is 2.42. The molecule has 0 aromatic heterocycles. The van der Waals surface area contributed by atoms with Crippen LogP contribution in [0.15, 0.2) is 30.3 Å². The Balaban J connectivity index is 1.50. The summed E-state index contributed by atoms with van der Waals surface area (Å²) in [6.07, 6.45) is 2.58. The van der Waals surface area contributed by atoms with Crippen molar-refractivity contribution in [2.24, 2.45) is 5.92 Å². The molecule has 1 saturated carbocycles. The number of epoxide rings is 1. The molecule has 3 rings (SSSR count). The smallest absolute Gasteiger partial charge is 0.223 e. The van der Waals surface area contributed by atoms with Gasteiger partial charge < -0.3 is 10.1 Å². The molecule has 1 N–H and O–H groups in total. The first kappa shape index (κ1) is 9.85. The topological polar surface area (TPSA) is 41.6 Å². The molecule has 0 radical (unpaired) electrons. The molecule has 2 atom stereocenters. The predicted octanol–water partition coefficient (Wildman–Crippen LogP) is 1.48. The van der Waals surface area contributed by atoms with Crippen molar-refractivity contribution in [1.82, 2.24) is 5.32 Å². The summed E-state index contributed by atoms with van der Waals surface area (Å²) in [6.45, 7) is 0.631. The minimum atomic E-state index is 0.174. The van der Waals surface area contributed by atoms with Crippen LogP contribution < -0.4 is 5.32 Å². The first-order valence-electron chi connectivity index (χ1n) is 5.80. The summed E-state index contributed by atoms with van der Waals surface area (Å²) in [4.78, 5) is 11.8. The van der Waals surface area contributed by atoms with Crippen molar-refractivity contribution in [3.63, 3.8) is 0 Å². The Labute approximate surface area is 94.8 Å². The second kappa shape index (κ2) is 3.91. The minimum absolute atomic E-state index is 0.174. The fraction of sp³-hybridized carbons (Fsp3) is 0.462. The number of hydrogen-bond acceptors (Lipinski definition) is 2. The lowest BCUT2D eigenvalue weighted by Gasteiger charge is -2.11. The number of fused-ring (bicyclic) bond motifs is 1. The van der Waals surface area contributed by atoms with E-state index in [0.29, 0.717) is 18.8 Å². The lowest BCUT2D eigenvalue weighted by atomic mass is 10.1. The Morgan fingerprint density at radius 2 is 1.94 bits per heavy atom. The van der Waals surface area contributed by atoms with Gasteiger partial charge in [0.05, 0.1) is 12.2 Å². The maximum Gasteiger partial charge on any atom is 0.223 e. The molecule has 1 aliphatic heterocycles.